The molecule has 0 aliphatic carbocycles. The Hall–Kier alpha value is -8.05. The van der Waals surface area contributed by atoms with Gasteiger partial charge in [-0.3, -0.25) is 0 Å². The molecule has 0 fully saturated rings. The summed E-state index contributed by atoms with van der Waals surface area (Å²) in [7, 11) is 0. The summed E-state index contributed by atoms with van der Waals surface area (Å²) < 4.78 is 7.70. The van der Waals surface area contributed by atoms with E-state index in [1.807, 2.05) is 6.07 Å². The van der Waals surface area contributed by atoms with Gasteiger partial charge in [0, 0.05) is 33.3 Å². The lowest BCUT2D eigenvalue weighted by Gasteiger charge is -2.29. The molecular weight excluding hydrogens is 785 g/mol. The third-order valence-electron chi connectivity index (χ3n) is 12.1. The monoisotopic (exact) mass is 822 g/mol. The van der Waals surface area contributed by atoms with Gasteiger partial charge >= 0.3 is 0 Å². The summed E-state index contributed by atoms with van der Waals surface area (Å²) in [5, 5.41) is 5.72. The first-order valence-corrected chi connectivity index (χ1v) is 22.1. The summed E-state index contributed by atoms with van der Waals surface area (Å²) in [6, 6.07) is 82.4. The van der Waals surface area contributed by atoms with E-state index in [1.54, 1.807) is 11.3 Å². The molecule has 12 rings (SSSR count). The summed E-state index contributed by atoms with van der Waals surface area (Å²) in [5.74, 6) is 0. The Morgan fingerprint density at radius 2 is 0.921 bits per heavy atom. The molecular formula is C59H38N2OS. The number of benzene rings is 10. The highest BCUT2D eigenvalue weighted by atomic mass is 32.1. The largest absolute Gasteiger partial charge is 0.456 e. The summed E-state index contributed by atoms with van der Waals surface area (Å²) in [6.07, 6.45) is 0. The molecule has 12 aromatic rings. The molecule has 0 aliphatic heterocycles. The lowest BCUT2D eigenvalue weighted by Crippen LogP contribution is -2.11. The van der Waals surface area contributed by atoms with Crippen molar-refractivity contribution in [2.45, 2.75) is 0 Å². The molecule has 63 heavy (non-hydrogen) atoms. The minimum Gasteiger partial charge on any atom is -0.456 e. The Kier molecular flexibility index (Phi) is 9.02. The van der Waals surface area contributed by atoms with E-state index in [-0.39, 0.29) is 0 Å². The van der Waals surface area contributed by atoms with Gasteiger partial charge in [0.05, 0.1) is 15.9 Å². The number of hydrogen-bond donors (Lipinski definition) is 0. The highest BCUT2D eigenvalue weighted by molar-refractivity contribution is 7.22. The standard InChI is InChI=1S/C59H38N2OS/c1-4-12-39(13-5-1)47-27-34-54(52(37-47)43-15-6-2-7-16-43)61(49-28-22-41(23-29-49)46-21-20-40-14-10-11-19-45(40)36-46)50-30-24-42(25-31-50)48-26-32-51-56(38-48)62-55-35-33-53-58(57(51)55)63-59(60-53)44-17-8-3-9-18-44/h1-38H. The van der Waals surface area contributed by atoms with E-state index in [0.29, 0.717) is 0 Å². The van der Waals surface area contributed by atoms with E-state index >= 15 is 0 Å². The molecule has 296 valence electrons. The van der Waals surface area contributed by atoms with Gasteiger partial charge in [-0.15, -0.1) is 11.3 Å². The molecule has 0 saturated carbocycles. The van der Waals surface area contributed by atoms with Gasteiger partial charge in [0.2, 0.25) is 0 Å². The number of aromatic nitrogens is 1. The minimum absolute atomic E-state index is 0.868. The maximum absolute atomic E-state index is 6.55. The number of fused-ring (bicyclic) bond motifs is 6. The van der Waals surface area contributed by atoms with Crippen LogP contribution in [-0.4, -0.2) is 4.98 Å². The first-order chi connectivity index (χ1) is 31.2. The fourth-order valence-corrected chi connectivity index (χ4v) is 10.0. The van der Waals surface area contributed by atoms with Crippen molar-refractivity contribution in [2.24, 2.45) is 0 Å². The molecule has 3 nitrogen and oxygen atoms in total. The third-order valence-corrected chi connectivity index (χ3v) is 13.2. The van der Waals surface area contributed by atoms with Crippen LogP contribution in [0.5, 0.6) is 0 Å². The normalized spacial score (nSPS) is 11.5. The Balaban J connectivity index is 0.952. The van der Waals surface area contributed by atoms with E-state index in [2.05, 4.69) is 229 Å². The Morgan fingerprint density at radius 1 is 0.381 bits per heavy atom. The lowest BCUT2D eigenvalue weighted by molar-refractivity contribution is 0.669. The maximum Gasteiger partial charge on any atom is 0.137 e. The average molecular weight is 823 g/mol. The Morgan fingerprint density at radius 3 is 1.62 bits per heavy atom. The van der Waals surface area contributed by atoms with Crippen LogP contribution in [0.2, 0.25) is 0 Å². The maximum atomic E-state index is 6.55. The average Bonchev–Trinajstić information content (AvgIpc) is 3.97. The summed E-state index contributed by atoms with van der Waals surface area (Å²) >= 11 is 1.72. The van der Waals surface area contributed by atoms with Crippen LogP contribution in [0.4, 0.5) is 17.1 Å². The van der Waals surface area contributed by atoms with Crippen molar-refractivity contribution in [3.63, 3.8) is 0 Å². The minimum atomic E-state index is 0.868. The highest BCUT2D eigenvalue weighted by Gasteiger charge is 2.20. The van der Waals surface area contributed by atoms with Crippen LogP contribution in [0.1, 0.15) is 0 Å². The molecule has 0 saturated heterocycles. The molecule has 2 heterocycles. The fraction of sp³-hybridized carbons (Fsp3) is 0. The van der Waals surface area contributed by atoms with Gasteiger partial charge in [0.25, 0.3) is 0 Å². The second-order valence-corrected chi connectivity index (χ2v) is 16.9. The number of thiazole rings is 1. The van der Waals surface area contributed by atoms with Gasteiger partial charge in [0.1, 0.15) is 16.2 Å². The van der Waals surface area contributed by atoms with E-state index in [9.17, 15) is 0 Å². The van der Waals surface area contributed by atoms with Crippen molar-refractivity contribution in [3.8, 4) is 55.1 Å². The van der Waals surface area contributed by atoms with Gasteiger partial charge in [-0.25, -0.2) is 4.98 Å². The number of rotatable bonds is 8. The van der Waals surface area contributed by atoms with Crippen molar-refractivity contribution in [3.05, 3.63) is 231 Å². The first-order valence-electron chi connectivity index (χ1n) is 21.3. The Labute approximate surface area is 369 Å². The van der Waals surface area contributed by atoms with Crippen LogP contribution in [0.3, 0.4) is 0 Å². The van der Waals surface area contributed by atoms with Gasteiger partial charge in [0.15, 0.2) is 0 Å². The van der Waals surface area contributed by atoms with Crippen LogP contribution < -0.4 is 4.90 Å². The zero-order valence-corrected chi connectivity index (χ0v) is 35.0. The van der Waals surface area contributed by atoms with Crippen molar-refractivity contribution in [1.82, 2.24) is 4.98 Å². The van der Waals surface area contributed by atoms with E-state index in [4.69, 9.17) is 9.40 Å². The predicted octanol–water partition coefficient (Wildman–Crippen LogP) is 17.2. The van der Waals surface area contributed by atoms with Crippen LogP contribution in [0, 0.1) is 0 Å². The number of furan rings is 1. The third kappa shape index (κ3) is 6.74. The second-order valence-electron chi connectivity index (χ2n) is 15.9. The zero-order chi connectivity index (χ0) is 41.7. The van der Waals surface area contributed by atoms with E-state index in [1.165, 1.54) is 33.0 Å². The zero-order valence-electron chi connectivity index (χ0n) is 34.2. The predicted molar refractivity (Wildman–Crippen MR) is 266 cm³/mol. The SMILES string of the molecule is c1ccc(-c2ccc(N(c3ccc(-c4ccc5ccccc5c4)cc3)c3ccc(-c4ccc5c(c4)oc4ccc6nc(-c7ccccc7)sc6c45)cc3)c(-c3ccccc3)c2)cc1. The molecule has 0 amide bonds. The topological polar surface area (TPSA) is 29.3 Å². The van der Waals surface area contributed by atoms with Gasteiger partial charge in [-0.05, 0) is 116 Å². The van der Waals surface area contributed by atoms with Crippen LogP contribution in [0.15, 0.2) is 235 Å². The van der Waals surface area contributed by atoms with Gasteiger partial charge < -0.3 is 9.32 Å². The molecule has 2 aromatic heterocycles. The molecule has 0 unspecified atom stereocenters. The first kappa shape index (κ1) is 36.8. The van der Waals surface area contributed by atoms with Crippen LogP contribution >= 0.6 is 11.3 Å². The van der Waals surface area contributed by atoms with Crippen molar-refractivity contribution >= 4 is 71.3 Å². The van der Waals surface area contributed by atoms with Crippen molar-refractivity contribution < 1.29 is 4.42 Å². The number of nitrogens with zero attached hydrogens (tertiary/aromatic N) is 2. The summed E-state index contributed by atoms with van der Waals surface area (Å²) in [6.45, 7) is 0. The van der Waals surface area contributed by atoms with Crippen LogP contribution in [0.25, 0.3) is 98.0 Å². The van der Waals surface area contributed by atoms with Crippen LogP contribution in [-0.2, 0) is 0 Å². The van der Waals surface area contributed by atoms with E-state index < -0.39 is 0 Å². The van der Waals surface area contributed by atoms with Gasteiger partial charge in [-0.2, -0.15) is 0 Å². The molecule has 0 N–H and O–H groups in total. The van der Waals surface area contributed by atoms with Gasteiger partial charge in [-0.1, -0.05) is 164 Å². The summed E-state index contributed by atoms with van der Waals surface area (Å²) in [5.41, 5.74) is 16.4. The fourth-order valence-electron chi connectivity index (χ4n) is 8.92. The number of hydrogen-bond acceptors (Lipinski definition) is 4. The molecule has 10 aromatic carbocycles. The van der Waals surface area contributed by atoms with Crippen molar-refractivity contribution in [1.29, 1.82) is 0 Å². The highest BCUT2D eigenvalue weighted by Crippen LogP contribution is 2.45. The second kappa shape index (κ2) is 15.4. The number of anilines is 3. The quantitative estimate of drug-likeness (QED) is 0.153. The molecule has 0 radical (unpaired) electrons. The smallest absolute Gasteiger partial charge is 0.137 e. The lowest BCUT2D eigenvalue weighted by atomic mass is 9.95. The summed E-state index contributed by atoms with van der Waals surface area (Å²) in [4.78, 5) is 7.38. The molecule has 0 aliphatic rings. The molecule has 4 heteroatoms. The molecule has 0 atom stereocenters. The van der Waals surface area contributed by atoms with E-state index in [0.717, 1.165) is 82.0 Å². The van der Waals surface area contributed by atoms with Crippen molar-refractivity contribution in [2.75, 3.05) is 4.90 Å². The molecule has 0 spiro atoms. The Bertz CT molecular complexity index is 3590. The molecule has 0 bridgehead atoms.